The zero-order chi connectivity index (χ0) is 14.7. The Morgan fingerprint density at radius 3 is 2.15 bits per heavy atom. The summed E-state index contributed by atoms with van der Waals surface area (Å²) in [6.45, 7) is 6.05. The van der Waals surface area contributed by atoms with Crippen molar-refractivity contribution in [3.8, 4) is 0 Å². The third-order valence-corrected chi connectivity index (χ3v) is 4.40. The molecule has 0 unspecified atom stereocenters. The molecule has 0 aliphatic rings. The van der Waals surface area contributed by atoms with Gasteiger partial charge in [-0.1, -0.05) is 29.3 Å². The number of thioether (sulfide) groups is 1. The van der Waals surface area contributed by atoms with Crippen LogP contribution in [0.4, 0.5) is 0 Å². The van der Waals surface area contributed by atoms with Crippen LogP contribution in [0.5, 0.6) is 0 Å². The molecule has 2 rings (SSSR count). The summed E-state index contributed by atoms with van der Waals surface area (Å²) in [5.74, 6) is 0.631. The molecule has 0 aromatic heterocycles. The average molecular weight is 305 g/mol. The van der Waals surface area contributed by atoms with Crippen molar-refractivity contribution in [2.24, 2.45) is 0 Å². The molecule has 0 amide bonds. The first-order valence-electron chi connectivity index (χ1n) is 6.47. The highest BCUT2D eigenvalue weighted by Crippen LogP contribution is 2.23. The SMILES string of the molecule is Cc1cc(C)c(C(=O)CSc2ccc(Cl)cc2)c(C)c1. The zero-order valence-corrected chi connectivity index (χ0v) is 13.4. The van der Waals surface area contributed by atoms with E-state index in [-0.39, 0.29) is 5.78 Å². The molecule has 1 nitrogen and oxygen atoms in total. The molecular formula is C17H17ClOS. The van der Waals surface area contributed by atoms with Crippen molar-refractivity contribution in [3.63, 3.8) is 0 Å². The van der Waals surface area contributed by atoms with E-state index in [2.05, 4.69) is 19.1 Å². The van der Waals surface area contributed by atoms with Crippen molar-refractivity contribution in [2.45, 2.75) is 25.7 Å². The predicted molar refractivity (Wildman–Crippen MR) is 87.2 cm³/mol. The third kappa shape index (κ3) is 3.65. The van der Waals surface area contributed by atoms with Gasteiger partial charge in [0.25, 0.3) is 0 Å². The van der Waals surface area contributed by atoms with Gasteiger partial charge in [-0.05, 0) is 56.2 Å². The fraction of sp³-hybridized carbons (Fsp3) is 0.235. The Kier molecular flexibility index (Phi) is 4.90. The molecule has 0 fully saturated rings. The number of ketones is 1. The van der Waals surface area contributed by atoms with Gasteiger partial charge in [-0.15, -0.1) is 11.8 Å². The van der Waals surface area contributed by atoms with Gasteiger partial charge >= 0.3 is 0 Å². The molecule has 0 bridgehead atoms. The lowest BCUT2D eigenvalue weighted by atomic mass is 9.97. The molecule has 0 saturated carbocycles. The standard InChI is InChI=1S/C17H17ClOS/c1-11-8-12(2)17(13(3)9-11)16(19)10-20-15-6-4-14(18)5-7-15/h4-9H,10H2,1-3H3. The van der Waals surface area contributed by atoms with Gasteiger partial charge in [-0.3, -0.25) is 4.79 Å². The summed E-state index contributed by atoms with van der Waals surface area (Å²) in [6.07, 6.45) is 0. The van der Waals surface area contributed by atoms with E-state index in [1.807, 2.05) is 38.1 Å². The molecule has 0 heterocycles. The topological polar surface area (TPSA) is 17.1 Å². The lowest BCUT2D eigenvalue weighted by Gasteiger charge is -2.10. The number of halogens is 1. The Morgan fingerprint density at radius 2 is 1.60 bits per heavy atom. The molecule has 104 valence electrons. The van der Waals surface area contributed by atoms with Crippen molar-refractivity contribution >= 4 is 29.1 Å². The van der Waals surface area contributed by atoms with Crippen LogP contribution in [0.2, 0.25) is 5.02 Å². The van der Waals surface area contributed by atoms with Gasteiger partial charge in [0.15, 0.2) is 5.78 Å². The molecule has 0 atom stereocenters. The second-order valence-electron chi connectivity index (χ2n) is 4.94. The number of rotatable bonds is 4. The first-order valence-corrected chi connectivity index (χ1v) is 7.83. The minimum atomic E-state index is 0.181. The van der Waals surface area contributed by atoms with Gasteiger partial charge in [0.1, 0.15) is 0 Å². The lowest BCUT2D eigenvalue weighted by Crippen LogP contribution is -2.07. The number of carbonyl (C=O) groups excluding carboxylic acids is 1. The molecule has 2 aromatic rings. The molecule has 2 aromatic carbocycles. The van der Waals surface area contributed by atoms with E-state index in [0.717, 1.165) is 21.6 Å². The van der Waals surface area contributed by atoms with E-state index in [9.17, 15) is 4.79 Å². The molecule has 3 heteroatoms. The van der Waals surface area contributed by atoms with Crippen molar-refractivity contribution in [1.82, 2.24) is 0 Å². The smallest absolute Gasteiger partial charge is 0.173 e. The van der Waals surface area contributed by atoms with E-state index in [0.29, 0.717) is 10.8 Å². The van der Waals surface area contributed by atoms with Crippen LogP contribution < -0.4 is 0 Å². The third-order valence-electron chi connectivity index (χ3n) is 3.14. The van der Waals surface area contributed by atoms with Gasteiger partial charge in [0.2, 0.25) is 0 Å². The summed E-state index contributed by atoms with van der Waals surface area (Å²) in [6, 6.07) is 11.7. The van der Waals surface area contributed by atoms with Gasteiger partial charge in [-0.25, -0.2) is 0 Å². The number of hydrogen-bond acceptors (Lipinski definition) is 2. The van der Waals surface area contributed by atoms with Gasteiger partial charge in [0.05, 0.1) is 5.75 Å². The normalized spacial score (nSPS) is 10.6. The maximum atomic E-state index is 12.4. The molecular weight excluding hydrogens is 288 g/mol. The summed E-state index contributed by atoms with van der Waals surface area (Å²) in [5.41, 5.74) is 4.17. The van der Waals surface area contributed by atoms with Crippen molar-refractivity contribution in [1.29, 1.82) is 0 Å². The summed E-state index contributed by atoms with van der Waals surface area (Å²) >= 11 is 7.40. The fourth-order valence-electron chi connectivity index (χ4n) is 2.37. The van der Waals surface area contributed by atoms with Gasteiger partial charge < -0.3 is 0 Å². The van der Waals surface area contributed by atoms with Crippen LogP contribution >= 0.6 is 23.4 Å². The molecule has 0 radical (unpaired) electrons. The highest BCUT2D eigenvalue weighted by molar-refractivity contribution is 8.00. The number of Topliss-reactive ketones (excluding diaryl/α,β-unsaturated/α-hetero) is 1. The largest absolute Gasteiger partial charge is 0.293 e. The minimum Gasteiger partial charge on any atom is -0.293 e. The van der Waals surface area contributed by atoms with Crippen LogP contribution in [-0.4, -0.2) is 11.5 Å². The molecule has 0 spiro atoms. The van der Waals surface area contributed by atoms with Crippen LogP contribution in [0.25, 0.3) is 0 Å². The monoisotopic (exact) mass is 304 g/mol. The van der Waals surface area contributed by atoms with E-state index in [4.69, 9.17) is 11.6 Å². The molecule has 0 saturated heterocycles. The maximum Gasteiger partial charge on any atom is 0.173 e. The zero-order valence-electron chi connectivity index (χ0n) is 11.9. The van der Waals surface area contributed by atoms with Crippen molar-refractivity contribution in [3.05, 3.63) is 63.7 Å². The van der Waals surface area contributed by atoms with Crippen molar-refractivity contribution in [2.75, 3.05) is 5.75 Å². The first kappa shape index (κ1) is 15.1. The van der Waals surface area contributed by atoms with Gasteiger partial charge in [0, 0.05) is 15.5 Å². The van der Waals surface area contributed by atoms with E-state index in [1.54, 1.807) is 11.8 Å². The minimum absolute atomic E-state index is 0.181. The quantitative estimate of drug-likeness (QED) is 0.567. The Labute approximate surface area is 129 Å². The lowest BCUT2D eigenvalue weighted by molar-refractivity contribution is 0.102. The number of benzene rings is 2. The Hall–Kier alpha value is -1.25. The number of carbonyl (C=O) groups is 1. The first-order chi connectivity index (χ1) is 9.47. The number of aryl methyl sites for hydroxylation is 3. The molecule has 0 aliphatic heterocycles. The second-order valence-corrected chi connectivity index (χ2v) is 6.42. The summed E-state index contributed by atoms with van der Waals surface area (Å²) in [5, 5.41) is 0.714. The Morgan fingerprint density at radius 1 is 1.05 bits per heavy atom. The molecule has 20 heavy (non-hydrogen) atoms. The summed E-state index contributed by atoms with van der Waals surface area (Å²) in [4.78, 5) is 13.5. The average Bonchev–Trinajstić information content (AvgIpc) is 2.37. The Balaban J connectivity index is 2.11. The van der Waals surface area contributed by atoms with Crippen LogP contribution in [0.3, 0.4) is 0 Å². The number of hydrogen-bond donors (Lipinski definition) is 0. The van der Waals surface area contributed by atoms with E-state index < -0.39 is 0 Å². The van der Waals surface area contributed by atoms with E-state index in [1.165, 1.54) is 5.56 Å². The maximum absolute atomic E-state index is 12.4. The molecule has 0 aliphatic carbocycles. The summed E-state index contributed by atoms with van der Waals surface area (Å²) in [7, 11) is 0. The van der Waals surface area contributed by atoms with Crippen LogP contribution in [-0.2, 0) is 0 Å². The second kappa shape index (κ2) is 6.47. The fourth-order valence-corrected chi connectivity index (χ4v) is 3.27. The Bertz CT molecular complexity index is 609. The van der Waals surface area contributed by atoms with Crippen LogP contribution in [0.1, 0.15) is 27.0 Å². The van der Waals surface area contributed by atoms with Crippen LogP contribution in [0.15, 0.2) is 41.3 Å². The molecule has 0 N–H and O–H groups in total. The van der Waals surface area contributed by atoms with Gasteiger partial charge in [-0.2, -0.15) is 0 Å². The predicted octanol–water partition coefficient (Wildman–Crippen LogP) is 5.24. The summed E-state index contributed by atoms with van der Waals surface area (Å²) < 4.78 is 0. The highest BCUT2D eigenvalue weighted by atomic mass is 35.5. The van der Waals surface area contributed by atoms with E-state index >= 15 is 0 Å². The highest BCUT2D eigenvalue weighted by Gasteiger charge is 2.13. The van der Waals surface area contributed by atoms with Crippen molar-refractivity contribution < 1.29 is 4.79 Å². The van der Waals surface area contributed by atoms with Crippen LogP contribution in [0, 0.1) is 20.8 Å².